The highest BCUT2D eigenvalue weighted by Gasteiger charge is 2.30. The number of carbonyl (C=O) groups is 1. The van der Waals surface area contributed by atoms with E-state index in [0.29, 0.717) is 35.1 Å². The second-order valence-corrected chi connectivity index (χ2v) is 7.06. The Hall–Kier alpha value is -2.80. The van der Waals surface area contributed by atoms with Crippen molar-refractivity contribution in [3.8, 4) is 5.75 Å². The molecule has 8 heteroatoms. The van der Waals surface area contributed by atoms with Crippen LogP contribution in [0.5, 0.6) is 5.75 Å². The SMILES string of the molecule is COc1cc(N)c(Cl)cc1C(=O)N1CCCC(c2nnc3ccccn23)C1. The molecule has 0 bridgehead atoms. The van der Waals surface area contributed by atoms with Crippen LogP contribution in [0, 0.1) is 0 Å². The van der Waals surface area contributed by atoms with E-state index in [4.69, 9.17) is 22.1 Å². The van der Waals surface area contributed by atoms with Gasteiger partial charge in [-0.3, -0.25) is 9.20 Å². The molecule has 1 amide bonds. The zero-order valence-electron chi connectivity index (χ0n) is 14.9. The van der Waals surface area contributed by atoms with E-state index in [-0.39, 0.29) is 11.8 Å². The zero-order chi connectivity index (χ0) is 19.0. The maximum Gasteiger partial charge on any atom is 0.257 e. The number of hydrogen-bond donors (Lipinski definition) is 1. The minimum Gasteiger partial charge on any atom is -0.496 e. The molecule has 3 heterocycles. The minimum absolute atomic E-state index is 0.118. The Balaban J connectivity index is 1.62. The van der Waals surface area contributed by atoms with Crippen LogP contribution in [-0.2, 0) is 0 Å². The van der Waals surface area contributed by atoms with Crippen LogP contribution in [0.2, 0.25) is 5.02 Å². The normalized spacial score (nSPS) is 17.3. The summed E-state index contributed by atoms with van der Waals surface area (Å²) < 4.78 is 7.32. The fraction of sp³-hybridized carbons (Fsp3) is 0.316. The quantitative estimate of drug-likeness (QED) is 0.700. The summed E-state index contributed by atoms with van der Waals surface area (Å²) in [7, 11) is 1.51. The van der Waals surface area contributed by atoms with Gasteiger partial charge in [0.1, 0.15) is 11.6 Å². The Morgan fingerprint density at radius 2 is 2.19 bits per heavy atom. The number of likely N-dealkylation sites (tertiary alicyclic amines) is 1. The van der Waals surface area contributed by atoms with Gasteiger partial charge in [-0.25, -0.2) is 0 Å². The van der Waals surface area contributed by atoms with Crippen molar-refractivity contribution < 1.29 is 9.53 Å². The lowest BCUT2D eigenvalue weighted by atomic mass is 9.96. The average molecular weight is 386 g/mol. The first-order chi connectivity index (χ1) is 13.1. The molecule has 140 valence electrons. The maximum absolute atomic E-state index is 13.1. The molecule has 0 saturated carbocycles. The van der Waals surface area contributed by atoms with E-state index in [1.165, 1.54) is 7.11 Å². The number of piperidine rings is 1. The highest BCUT2D eigenvalue weighted by atomic mass is 35.5. The summed E-state index contributed by atoms with van der Waals surface area (Å²) in [4.78, 5) is 14.9. The molecule has 4 rings (SSSR count). The summed E-state index contributed by atoms with van der Waals surface area (Å²) in [6.45, 7) is 1.25. The van der Waals surface area contributed by atoms with Gasteiger partial charge in [0.25, 0.3) is 5.91 Å². The van der Waals surface area contributed by atoms with Crippen molar-refractivity contribution in [2.45, 2.75) is 18.8 Å². The third-order valence-electron chi connectivity index (χ3n) is 4.96. The van der Waals surface area contributed by atoms with Crippen molar-refractivity contribution in [3.05, 3.63) is 52.9 Å². The number of amides is 1. The number of nitrogens with zero attached hydrogens (tertiary/aromatic N) is 4. The second-order valence-electron chi connectivity index (χ2n) is 6.65. The number of methoxy groups -OCH3 is 1. The summed E-state index contributed by atoms with van der Waals surface area (Å²) in [6.07, 6.45) is 3.80. The number of aromatic nitrogens is 3. The molecule has 1 saturated heterocycles. The smallest absolute Gasteiger partial charge is 0.257 e. The number of nitrogens with two attached hydrogens (primary N) is 1. The Morgan fingerprint density at radius 1 is 1.33 bits per heavy atom. The van der Waals surface area contributed by atoms with Crippen LogP contribution in [0.15, 0.2) is 36.5 Å². The fourth-order valence-electron chi connectivity index (χ4n) is 3.59. The fourth-order valence-corrected chi connectivity index (χ4v) is 3.75. The summed E-state index contributed by atoms with van der Waals surface area (Å²) in [5.41, 5.74) is 7.44. The molecule has 2 N–H and O–H groups in total. The molecule has 2 aromatic heterocycles. The van der Waals surface area contributed by atoms with Crippen molar-refractivity contribution in [1.82, 2.24) is 19.5 Å². The molecule has 1 atom stereocenters. The van der Waals surface area contributed by atoms with E-state index in [1.807, 2.05) is 33.7 Å². The highest BCUT2D eigenvalue weighted by Crippen LogP contribution is 2.32. The summed E-state index contributed by atoms with van der Waals surface area (Å²) in [5, 5.41) is 8.93. The lowest BCUT2D eigenvalue weighted by Gasteiger charge is -2.32. The van der Waals surface area contributed by atoms with Crippen molar-refractivity contribution in [2.75, 3.05) is 25.9 Å². The minimum atomic E-state index is -0.118. The molecule has 0 spiro atoms. The topological polar surface area (TPSA) is 85.8 Å². The van der Waals surface area contributed by atoms with Gasteiger partial charge in [0.2, 0.25) is 0 Å². The average Bonchev–Trinajstić information content (AvgIpc) is 3.13. The van der Waals surface area contributed by atoms with Gasteiger partial charge in [0.05, 0.1) is 23.4 Å². The van der Waals surface area contributed by atoms with Gasteiger partial charge in [-0.05, 0) is 31.0 Å². The third kappa shape index (κ3) is 3.19. The predicted molar refractivity (Wildman–Crippen MR) is 103 cm³/mol. The molecule has 1 aliphatic heterocycles. The number of ether oxygens (including phenoxy) is 1. The molecule has 3 aromatic rings. The molecular formula is C19H20ClN5O2. The lowest BCUT2D eigenvalue weighted by Crippen LogP contribution is -2.39. The van der Waals surface area contributed by atoms with Crippen LogP contribution < -0.4 is 10.5 Å². The molecule has 1 fully saturated rings. The van der Waals surface area contributed by atoms with E-state index in [1.54, 1.807) is 12.1 Å². The van der Waals surface area contributed by atoms with Gasteiger partial charge in [-0.2, -0.15) is 0 Å². The number of fused-ring (bicyclic) bond motifs is 1. The van der Waals surface area contributed by atoms with Gasteiger partial charge in [-0.1, -0.05) is 17.7 Å². The molecule has 7 nitrogen and oxygen atoms in total. The van der Waals surface area contributed by atoms with Gasteiger partial charge in [0.15, 0.2) is 5.65 Å². The number of rotatable bonds is 3. The van der Waals surface area contributed by atoms with Crippen LogP contribution in [0.3, 0.4) is 0 Å². The van der Waals surface area contributed by atoms with E-state index >= 15 is 0 Å². The van der Waals surface area contributed by atoms with E-state index in [2.05, 4.69) is 10.2 Å². The largest absolute Gasteiger partial charge is 0.496 e. The first-order valence-corrected chi connectivity index (χ1v) is 9.18. The number of pyridine rings is 1. The number of hydrogen-bond acceptors (Lipinski definition) is 5. The summed E-state index contributed by atoms with van der Waals surface area (Å²) in [5.74, 6) is 1.31. The Morgan fingerprint density at radius 3 is 3.00 bits per heavy atom. The van der Waals surface area contributed by atoms with Crippen LogP contribution in [-0.4, -0.2) is 45.6 Å². The standard InChI is InChI=1S/C19H20ClN5O2/c1-27-16-10-15(21)14(20)9-13(16)19(26)24-7-4-5-12(11-24)18-23-22-17-6-2-3-8-25(17)18/h2-3,6,8-10,12H,4-5,7,11,21H2,1H3. The molecule has 1 unspecified atom stereocenters. The van der Waals surface area contributed by atoms with Crippen molar-refractivity contribution in [3.63, 3.8) is 0 Å². The number of carbonyl (C=O) groups excluding carboxylic acids is 1. The third-order valence-corrected chi connectivity index (χ3v) is 5.29. The molecule has 0 radical (unpaired) electrons. The van der Waals surface area contributed by atoms with Crippen LogP contribution in [0.4, 0.5) is 5.69 Å². The van der Waals surface area contributed by atoms with Crippen LogP contribution in [0.25, 0.3) is 5.65 Å². The number of anilines is 1. The summed E-state index contributed by atoms with van der Waals surface area (Å²) >= 11 is 6.13. The monoisotopic (exact) mass is 385 g/mol. The number of halogens is 1. The second kappa shape index (κ2) is 7.08. The van der Waals surface area contributed by atoms with E-state index in [9.17, 15) is 4.79 Å². The van der Waals surface area contributed by atoms with Crippen molar-refractivity contribution in [1.29, 1.82) is 0 Å². The Labute approximate surface area is 161 Å². The highest BCUT2D eigenvalue weighted by molar-refractivity contribution is 6.33. The van der Waals surface area contributed by atoms with Crippen LogP contribution in [0.1, 0.15) is 34.9 Å². The Bertz CT molecular complexity index is 1000. The van der Waals surface area contributed by atoms with Crippen molar-refractivity contribution in [2.24, 2.45) is 0 Å². The van der Waals surface area contributed by atoms with Crippen molar-refractivity contribution >= 4 is 28.8 Å². The van der Waals surface area contributed by atoms with Gasteiger partial charge in [0, 0.05) is 31.3 Å². The maximum atomic E-state index is 13.1. The predicted octanol–water partition coefficient (Wildman–Crippen LogP) is 2.99. The lowest BCUT2D eigenvalue weighted by molar-refractivity contribution is 0.0701. The first kappa shape index (κ1) is 17.6. The molecular weight excluding hydrogens is 366 g/mol. The van der Waals surface area contributed by atoms with E-state index < -0.39 is 0 Å². The van der Waals surface area contributed by atoms with Gasteiger partial charge in [-0.15, -0.1) is 10.2 Å². The van der Waals surface area contributed by atoms with Crippen LogP contribution >= 0.6 is 11.6 Å². The first-order valence-electron chi connectivity index (χ1n) is 8.80. The van der Waals surface area contributed by atoms with Gasteiger partial charge >= 0.3 is 0 Å². The van der Waals surface area contributed by atoms with E-state index in [0.717, 1.165) is 24.3 Å². The number of nitrogen functional groups attached to an aromatic ring is 1. The molecule has 27 heavy (non-hydrogen) atoms. The summed E-state index contributed by atoms with van der Waals surface area (Å²) in [6, 6.07) is 8.97. The zero-order valence-corrected chi connectivity index (χ0v) is 15.7. The molecule has 1 aliphatic rings. The number of benzene rings is 1. The molecule has 1 aromatic carbocycles. The van der Waals surface area contributed by atoms with Gasteiger partial charge < -0.3 is 15.4 Å². The molecule has 0 aliphatic carbocycles. The Kier molecular flexibility index (Phi) is 4.61.